The molecule has 0 saturated heterocycles. The van der Waals surface area contributed by atoms with Gasteiger partial charge in [0, 0.05) is 18.0 Å². The highest BCUT2D eigenvalue weighted by atomic mass is 19.1. The Kier molecular flexibility index (Phi) is 3.57. The number of anilines is 1. The van der Waals surface area contributed by atoms with E-state index in [2.05, 4.69) is 5.32 Å². The Morgan fingerprint density at radius 1 is 1.33 bits per heavy atom. The van der Waals surface area contributed by atoms with Crippen molar-refractivity contribution in [2.24, 2.45) is 0 Å². The summed E-state index contributed by atoms with van der Waals surface area (Å²) in [5.74, 6) is 0.392. The first kappa shape index (κ1) is 12.1. The molecular weight excluding hydrogens is 233 g/mol. The molecule has 2 rings (SSSR count). The normalized spacial score (nSPS) is 10.8. The molecule has 0 fully saturated rings. The maximum absolute atomic E-state index is 12.9. The van der Waals surface area contributed by atoms with Crippen molar-refractivity contribution < 1.29 is 13.6 Å². The van der Waals surface area contributed by atoms with Gasteiger partial charge in [-0.1, -0.05) is 6.07 Å². The molecule has 92 valence electrons. The number of hydrogen-bond donors (Lipinski definition) is 1. The second-order valence-corrected chi connectivity index (χ2v) is 3.76. The maximum atomic E-state index is 12.9. The summed E-state index contributed by atoms with van der Waals surface area (Å²) in [6.45, 7) is 1.77. The molecule has 0 unspecified atom stereocenters. The van der Waals surface area contributed by atoms with E-state index >= 15 is 0 Å². The van der Waals surface area contributed by atoms with Gasteiger partial charge in [0.05, 0.1) is 0 Å². The number of ketones is 1. The van der Waals surface area contributed by atoms with Crippen molar-refractivity contribution in [3.8, 4) is 0 Å². The first-order valence-electron chi connectivity index (χ1n) is 5.44. The van der Waals surface area contributed by atoms with Gasteiger partial charge >= 0.3 is 0 Å². The summed E-state index contributed by atoms with van der Waals surface area (Å²) in [5.41, 5.74) is 0.578. The van der Waals surface area contributed by atoms with Gasteiger partial charge in [0.25, 0.3) is 0 Å². The molecule has 0 atom stereocenters. The van der Waals surface area contributed by atoms with E-state index < -0.39 is 0 Å². The van der Waals surface area contributed by atoms with Gasteiger partial charge in [-0.3, -0.25) is 4.79 Å². The van der Waals surface area contributed by atoms with Crippen LogP contribution in [0.15, 0.2) is 53.1 Å². The number of rotatable bonds is 4. The van der Waals surface area contributed by atoms with Crippen LogP contribution < -0.4 is 5.32 Å². The minimum atomic E-state index is -0.332. The molecule has 0 bridgehead atoms. The van der Waals surface area contributed by atoms with Gasteiger partial charge in [0.15, 0.2) is 5.76 Å². The number of hydrogen-bond acceptors (Lipinski definition) is 3. The average Bonchev–Trinajstić information content (AvgIpc) is 2.76. The molecule has 0 spiro atoms. The molecule has 3 nitrogen and oxygen atoms in total. The number of carbonyl (C=O) groups excluding carboxylic acids is 1. The van der Waals surface area contributed by atoms with Crippen LogP contribution in [-0.2, 0) is 0 Å². The van der Waals surface area contributed by atoms with Crippen LogP contribution >= 0.6 is 0 Å². The molecule has 1 aromatic heterocycles. The SMILES string of the molecule is Cc1ccc(C(=O)C=CNc2cccc(F)c2)o1. The van der Waals surface area contributed by atoms with Crippen molar-refractivity contribution in [2.75, 3.05) is 5.32 Å². The van der Waals surface area contributed by atoms with E-state index in [0.717, 1.165) is 0 Å². The highest BCUT2D eigenvalue weighted by Crippen LogP contribution is 2.10. The van der Waals surface area contributed by atoms with Crippen molar-refractivity contribution in [1.29, 1.82) is 0 Å². The highest BCUT2D eigenvalue weighted by Gasteiger charge is 2.05. The van der Waals surface area contributed by atoms with Crippen LogP contribution in [0.3, 0.4) is 0 Å². The first-order chi connectivity index (χ1) is 8.65. The quantitative estimate of drug-likeness (QED) is 0.661. The number of aryl methyl sites for hydroxylation is 1. The third-order valence-corrected chi connectivity index (χ3v) is 2.29. The molecule has 0 saturated carbocycles. The Hall–Kier alpha value is -2.36. The number of benzene rings is 1. The van der Waals surface area contributed by atoms with Crippen molar-refractivity contribution >= 4 is 11.5 Å². The van der Waals surface area contributed by atoms with Gasteiger partial charge in [-0.15, -0.1) is 0 Å². The molecule has 0 aliphatic rings. The standard InChI is InChI=1S/C14H12FNO2/c1-10-5-6-14(18-10)13(17)7-8-16-12-4-2-3-11(15)9-12/h2-9,16H,1H3. The topological polar surface area (TPSA) is 42.2 Å². The summed E-state index contributed by atoms with van der Waals surface area (Å²) in [5, 5.41) is 2.81. The Labute approximate surface area is 104 Å². The van der Waals surface area contributed by atoms with Gasteiger partial charge in [0.2, 0.25) is 5.78 Å². The molecule has 0 aliphatic heterocycles. The molecule has 1 aromatic carbocycles. The monoisotopic (exact) mass is 245 g/mol. The molecule has 1 heterocycles. The zero-order valence-electron chi connectivity index (χ0n) is 9.81. The largest absolute Gasteiger partial charge is 0.458 e. The van der Waals surface area contributed by atoms with E-state index in [1.807, 2.05) is 0 Å². The lowest BCUT2D eigenvalue weighted by atomic mass is 10.3. The molecule has 2 aromatic rings. The third-order valence-electron chi connectivity index (χ3n) is 2.29. The minimum Gasteiger partial charge on any atom is -0.458 e. The van der Waals surface area contributed by atoms with E-state index in [9.17, 15) is 9.18 Å². The van der Waals surface area contributed by atoms with Crippen LogP contribution in [0.25, 0.3) is 0 Å². The molecule has 0 radical (unpaired) electrons. The molecule has 1 N–H and O–H groups in total. The fraction of sp³-hybridized carbons (Fsp3) is 0.0714. The van der Waals surface area contributed by atoms with Gasteiger partial charge < -0.3 is 9.73 Å². The van der Waals surface area contributed by atoms with Gasteiger partial charge in [-0.2, -0.15) is 0 Å². The summed E-state index contributed by atoms with van der Waals surface area (Å²) in [6, 6.07) is 9.32. The Bertz CT molecular complexity index is 587. The van der Waals surface area contributed by atoms with Crippen LogP contribution in [0.4, 0.5) is 10.1 Å². The lowest BCUT2D eigenvalue weighted by Gasteiger charge is -1.99. The Balaban J connectivity index is 1.98. The van der Waals surface area contributed by atoms with Crippen LogP contribution in [0.5, 0.6) is 0 Å². The van der Waals surface area contributed by atoms with Crippen LogP contribution in [-0.4, -0.2) is 5.78 Å². The second kappa shape index (κ2) is 5.31. The lowest BCUT2D eigenvalue weighted by molar-refractivity contribution is 0.102. The number of halogens is 1. The fourth-order valence-corrected chi connectivity index (χ4v) is 1.44. The van der Waals surface area contributed by atoms with E-state index in [1.165, 1.54) is 24.4 Å². The van der Waals surface area contributed by atoms with E-state index in [-0.39, 0.29) is 17.4 Å². The number of nitrogens with one attached hydrogen (secondary N) is 1. The van der Waals surface area contributed by atoms with Crippen molar-refractivity contribution in [3.05, 3.63) is 66.0 Å². The van der Waals surface area contributed by atoms with Gasteiger partial charge in [-0.25, -0.2) is 4.39 Å². The van der Waals surface area contributed by atoms with E-state index in [1.54, 1.807) is 31.2 Å². The van der Waals surface area contributed by atoms with Crippen LogP contribution in [0, 0.1) is 12.7 Å². The molecule has 0 amide bonds. The van der Waals surface area contributed by atoms with Crippen molar-refractivity contribution in [1.82, 2.24) is 0 Å². The summed E-state index contributed by atoms with van der Waals surface area (Å²) < 4.78 is 18.1. The Morgan fingerprint density at radius 3 is 2.83 bits per heavy atom. The van der Waals surface area contributed by atoms with Gasteiger partial charge in [-0.05, 0) is 37.3 Å². The summed E-state index contributed by atoms with van der Waals surface area (Å²) in [6.07, 6.45) is 2.79. The third kappa shape index (κ3) is 3.07. The first-order valence-corrected chi connectivity index (χ1v) is 5.44. The van der Waals surface area contributed by atoms with Crippen LogP contribution in [0.1, 0.15) is 16.3 Å². The maximum Gasteiger partial charge on any atom is 0.222 e. The number of allylic oxidation sites excluding steroid dienone is 1. The summed E-state index contributed by atoms with van der Waals surface area (Å²) >= 11 is 0. The van der Waals surface area contributed by atoms with Crippen molar-refractivity contribution in [3.63, 3.8) is 0 Å². The molecule has 18 heavy (non-hydrogen) atoms. The van der Waals surface area contributed by atoms with E-state index in [4.69, 9.17) is 4.42 Å². The van der Waals surface area contributed by atoms with Crippen LogP contribution in [0.2, 0.25) is 0 Å². The molecule has 0 aliphatic carbocycles. The van der Waals surface area contributed by atoms with Gasteiger partial charge in [0.1, 0.15) is 11.6 Å². The van der Waals surface area contributed by atoms with Crippen molar-refractivity contribution in [2.45, 2.75) is 6.92 Å². The fourth-order valence-electron chi connectivity index (χ4n) is 1.44. The lowest BCUT2D eigenvalue weighted by Crippen LogP contribution is -1.94. The number of furan rings is 1. The number of carbonyl (C=O) groups is 1. The predicted molar refractivity (Wildman–Crippen MR) is 66.9 cm³/mol. The molecular formula is C14H12FNO2. The zero-order chi connectivity index (χ0) is 13.0. The predicted octanol–water partition coefficient (Wildman–Crippen LogP) is 3.54. The smallest absolute Gasteiger partial charge is 0.222 e. The summed E-state index contributed by atoms with van der Waals surface area (Å²) in [4.78, 5) is 11.6. The molecule has 4 heteroatoms. The minimum absolute atomic E-state index is 0.244. The van der Waals surface area contributed by atoms with E-state index in [0.29, 0.717) is 11.4 Å². The zero-order valence-corrected chi connectivity index (χ0v) is 9.81. The summed E-state index contributed by atoms with van der Waals surface area (Å²) in [7, 11) is 0. The highest BCUT2D eigenvalue weighted by molar-refractivity contribution is 6.02. The average molecular weight is 245 g/mol. The second-order valence-electron chi connectivity index (χ2n) is 3.76. The Morgan fingerprint density at radius 2 is 2.17 bits per heavy atom.